The summed E-state index contributed by atoms with van der Waals surface area (Å²) in [6.45, 7) is 7.88. The van der Waals surface area contributed by atoms with E-state index in [4.69, 9.17) is 14.1 Å². The van der Waals surface area contributed by atoms with Crippen LogP contribution >= 0.6 is 0 Å². The summed E-state index contributed by atoms with van der Waals surface area (Å²) >= 11 is 0. The van der Waals surface area contributed by atoms with E-state index in [2.05, 4.69) is 28.1 Å². The predicted molar refractivity (Wildman–Crippen MR) is 120 cm³/mol. The summed E-state index contributed by atoms with van der Waals surface area (Å²) in [7, 11) is 0. The first-order valence-corrected chi connectivity index (χ1v) is 11.4. The number of furan rings is 1. The fourth-order valence-corrected chi connectivity index (χ4v) is 4.40. The largest absolute Gasteiger partial charge is 0.490 e. The van der Waals surface area contributed by atoms with E-state index >= 15 is 0 Å². The molecule has 0 amide bonds. The van der Waals surface area contributed by atoms with Crippen molar-refractivity contribution in [2.24, 2.45) is 4.99 Å². The van der Waals surface area contributed by atoms with Crippen LogP contribution < -0.4 is 10.1 Å². The normalized spacial score (nSPS) is 19.8. The molecule has 0 spiro atoms. The van der Waals surface area contributed by atoms with Crippen LogP contribution in [0.3, 0.4) is 0 Å². The number of nitrogens with one attached hydrogen (secondary N) is 1. The van der Waals surface area contributed by atoms with Gasteiger partial charge < -0.3 is 19.4 Å². The minimum absolute atomic E-state index is 0.218. The smallest absolute Gasteiger partial charge is 0.193 e. The molecule has 3 heterocycles. The molecular weight excluding hydrogens is 376 g/mol. The summed E-state index contributed by atoms with van der Waals surface area (Å²) in [5, 5.41) is 3.49. The number of likely N-dealkylation sites (tertiary alicyclic amines) is 2. The Morgan fingerprint density at radius 2 is 1.87 bits per heavy atom. The average molecular weight is 411 g/mol. The summed E-state index contributed by atoms with van der Waals surface area (Å²) in [6, 6.07) is 14.4. The Kier molecular flexibility index (Phi) is 7.29. The number of benzene rings is 1. The molecule has 0 radical (unpaired) electrons. The van der Waals surface area contributed by atoms with Crippen molar-refractivity contribution < 1.29 is 9.15 Å². The molecular formula is C24H34N4O2. The first kappa shape index (κ1) is 20.8. The van der Waals surface area contributed by atoms with Crippen molar-refractivity contribution >= 4 is 5.96 Å². The third-order valence-corrected chi connectivity index (χ3v) is 5.99. The fourth-order valence-electron chi connectivity index (χ4n) is 4.40. The molecule has 30 heavy (non-hydrogen) atoms. The number of nitrogens with zero attached hydrogens (tertiary/aromatic N) is 3. The van der Waals surface area contributed by atoms with Crippen LogP contribution in [0.4, 0.5) is 0 Å². The van der Waals surface area contributed by atoms with Gasteiger partial charge in [0.05, 0.1) is 18.8 Å². The third-order valence-electron chi connectivity index (χ3n) is 5.99. The lowest BCUT2D eigenvalue weighted by molar-refractivity contribution is 0.129. The van der Waals surface area contributed by atoms with Gasteiger partial charge in [-0.15, -0.1) is 0 Å². The molecule has 6 heteroatoms. The SMILES string of the molecule is CCNC(=NCC(c1ccco1)N1CCCC1)N1CCC(Oc2ccccc2)CC1. The van der Waals surface area contributed by atoms with Gasteiger partial charge in [0, 0.05) is 32.5 Å². The monoisotopic (exact) mass is 410 g/mol. The zero-order valence-electron chi connectivity index (χ0n) is 18.0. The highest BCUT2D eigenvalue weighted by Crippen LogP contribution is 2.26. The number of para-hydroxylation sites is 1. The lowest BCUT2D eigenvalue weighted by atomic mass is 10.1. The van der Waals surface area contributed by atoms with Gasteiger partial charge in [0.15, 0.2) is 5.96 Å². The topological polar surface area (TPSA) is 53.2 Å². The molecule has 1 aromatic carbocycles. The minimum Gasteiger partial charge on any atom is -0.490 e. The summed E-state index contributed by atoms with van der Waals surface area (Å²) in [6.07, 6.45) is 6.57. The standard InChI is InChI=1S/C24H34N4O2/c1-2-25-24(26-19-22(23-11-8-18-29-23)27-14-6-7-15-27)28-16-12-21(13-17-28)30-20-9-4-3-5-10-20/h3-5,8-11,18,21-22H,2,6-7,12-17,19H2,1H3,(H,25,26). The van der Waals surface area contributed by atoms with Gasteiger partial charge in [0.2, 0.25) is 0 Å². The predicted octanol–water partition coefficient (Wildman–Crippen LogP) is 3.93. The van der Waals surface area contributed by atoms with Crippen LogP contribution in [0.15, 0.2) is 58.1 Å². The Bertz CT molecular complexity index is 764. The molecule has 0 bridgehead atoms. The number of hydrogen-bond acceptors (Lipinski definition) is 4. The molecule has 2 fully saturated rings. The van der Waals surface area contributed by atoms with Crippen LogP contribution in [0.25, 0.3) is 0 Å². The van der Waals surface area contributed by atoms with E-state index < -0.39 is 0 Å². The van der Waals surface area contributed by atoms with Gasteiger partial charge in [0.25, 0.3) is 0 Å². The van der Waals surface area contributed by atoms with Crippen molar-refractivity contribution in [1.29, 1.82) is 0 Å². The molecule has 1 atom stereocenters. The van der Waals surface area contributed by atoms with Crippen molar-refractivity contribution in [2.45, 2.75) is 44.8 Å². The first-order chi connectivity index (χ1) is 14.8. The van der Waals surface area contributed by atoms with E-state index in [9.17, 15) is 0 Å². The average Bonchev–Trinajstić information content (AvgIpc) is 3.50. The van der Waals surface area contributed by atoms with Crippen molar-refractivity contribution in [3.8, 4) is 5.75 Å². The molecule has 1 aromatic heterocycles. The molecule has 2 aromatic rings. The van der Waals surface area contributed by atoms with Gasteiger partial charge in [-0.25, -0.2) is 0 Å². The molecule has 6 nitrogen and oxygen atoms in total. The summed E-state index contributed by atoms with van der Waals surface area (Å²) in [5.74, 6) is 2.99. The number of guanidine groups is 1. The quantitative estimate of drug-likeness (QED) is 0.554. The molecule has 162 valence electrons. The molecule has 2 saturated heterocycles. The van der Waals surface area contributed by atoms with Gasteiger partial charge in [-0.1, -0.05) is 18.2 Å². The van der Waals surface area contributed by atoms with Gasteiger partial charge in [0.1, 0.15) is 17.6 Å². The Labute approximate surface area is 179 Å². The van der Waals surface area contributed by atoms with Gasteiger partial charge >= 0.3 is 0 Å². The van der Waals surface area contributed by atoms with Crippen LogP contribution in [0.2, 0.25) is 0 Å². The summed E-state index contributed by atoms with van der Waals surface area (Å²) in [5.41, 5.74) is 0. The third kappa shape index (κ3) is 5.36. The first-order valence-electron chi connectivity index (χ1n) is 11.4. The molecule has 1 unspecified atom stereocenters. The van der Waals surface area contributed by atoms with Gasteiger partial charge in [-0.05, 0) is 57.1 Å². The van der Waals surface area contributed by atoms with Crippen molar-refractivity contribution in [3.05, 3.63) is 54.5 Å². The molecule has 0 aliphatic carbocycles. The van der Waals surface area contributed by atoms with Crippen LogP contribution in [0.1, 0.15) is 44.4 Å². The maximum Gasteiger partial charge on any atom is 0.193 e. The van der Waals surface area contributed by atoms with Crippen molar-refractivity contribution in [2.75, 3.05) is 39.3 Å². The lowest BCUT2D eigenvalue weighted by Crippen LogP contribution is -2.47. The second kappa shape index (κ2) is 10.5. The lowest BCUT2D eigenvalue weighted by Gasteiger charge is -2.34. The van der Waals surface area contributed by atoms with Crippen LogP contribution in [0.5, 0.6) is 5.75 Å². The second-order valence-electron chi connectivity index (χ2n) is 8.09. The number of rotatable bonds is 7. The van der Waals surface area contributed by atoms with Crippen molar-refractivity contribution in [3.63, 3.8) is 0 Å². The van der Waals surface area contributed by atoms with Gasteiger partial charge in [-0.2, -0.15) is 0 Å². The van der Waals surface area contributed by atoms with E-state index in [0.717, 1.165) is 69.6 Å². The number of aliphatic imine (C=N–C) groups is 1. The minimum atomic E-state index is 0.218. The molecule has 2 aliphatic heterocycles. The highest BCUT2D eigenvalue weighted by atomic mass is 16.5. The highest BCUT2D eigenvalue weighted by molar-refractivity contribution is 5.80. The van der Waals surface area contributed by atoms with E-state index in [1.165, 1.54) is 12.8 Å². The summed E-state index contributed by atoms with van der Waals surface area (Å²) < 4.78 is 11.9. The molecule has 0 saturated carbocycles. The number of ether oxygens (including phenoxy) is 1. The Hall–Kier alpha value is -2.47. The van der Waals surface area contributed by atoms with Crippen molar-refractivity contribution in [1.82, 2.24) is 15.1 Å². The molecule has 4 rings (SSSR count). The number of hydrogen-bond donors (Lipinski definition) is 1. The Morgan fingerprint density at radius 1 is 1.10 bits per heavy atom. The second-order valence-corrected chi connectivity index (χ2v) is 8.09. The Morgan fingerprint density at radius 3 is 2.53 bits per heavy atom. The zero-order chi connectivity index (χ0) is 20.6. The maximum atomic E-state index is 6.15. The van der Waals surface area contributed by atoms with Crippen LogP contribution in [-0.2, 0) is 0 Å². The van der Waals surface area contributed by atoms with Crippen LogP contribution in [0, 0.1) is 0 Å². The summed E-state index contributed by atoms with van der Waals surface area (Å²) in [4.78, 5) is 9.91. The maximum absolute atomic E-state index is 6.15. The number of piperidine rings is 1. The highest BCUT2D eigenvalue weighted by Gasteiger charge is 2.27. The molecule has 1 N–H and O–H groups in total. The van der Waals surface area contributed by atoms with E-state index in [1.54, 1.807) is 6.26 Å². The van der Waals surface area contributed by atoms with E-state index in [1.807, 2.05) is 36.4 Å². The van der Waals surface area contributed by atoms with Gasteiger partial charge in [-0.3, -0.25) is 9.89 Å². The van der Waals surface area contributed by atoms with Crippen LogP contribution in [-0.4, -0.2) is 61.1 Å². The molecule has 2 aliphatic rings. The Balaban J connectivity index is 1.37. The van der Waals surface area contributed by atoms with E-state index in [0.29, 0.717) is 0 Å². The zero-order valence-corrected chi connectivity index (χ0v) is 18.0. The van der Waals surface area contributed by atoms with E-state index in [-0.39, 0.29) is 12.1 Å². The fraction of sp³-hybridized carbons (Fsp3) is 0.542.